The Bertz CT molecular complexity index is 990. The zero-order valence-electron chi connectivity index (χ0n) is 12.6. The molecule has 2 aromatic carbocycles. The summed E-state index contributed by atoms with van der Waals surface area (Å²) >= 11 is 0.828. The normalized spacial score (nSPS) is 10.4. The minimum Gasteiger partial charge on any atom is -0.493 e. The first kappa shape index (κ1) is 15.9. The second-order valence-electron chi connectivity index (χ2n) is 4.90. The summed E-state index contributed by atoms with van der Waals surface area (Å²) < 4.78 is 10.2. The lowest BCUT2D eigenvalue weighted by Gasteiger charge is -2.09. The predicted octanol–water partition coefficient (Wildman–Crippen LogP) is 3.30. The van der Waals surface area contributed by atoms with E-state index in [1.807, 2.05) is 0 Å². The average Bonchev–Trinajstić information content (AvgIpc) is 2.62. The third-order valence-electron chi connectivity index (χ3n) is 3.40. The van der Waals surface area contributed by atoms with Crippen LogP contribution in [0.3, 0.4) is 0 Å². The van der Waals surface area contributed by atoms with E-state index >= 15 is 0 Å². The van der Waals surface area contributed by atoms with Crippen molar-refractivity contribution >= 4 is 34.4 Å². The number of benzene rings is 2. The van der Waals surface area contributed by atoms with E-state index in [1.54, 1.807) is 30.3 Å². The lowest BCUT2D eigenvalue weighted by atomic mass is 10.2. The van der Waals surface area contributed by atoms with Crippen molar-refractivity contribution in [1.29, 1.82) is 0 Å². The largest absolute Gasteiger partial charge is 0.493 e. The molecule has 3 rings (SSSR count). The Hall–Kier alpha value is -2.99. The van der Waals surface area contributed by atoms with Gasteiger partial charge in [0, 0.05) is 10.9 Å². The molecule has 24 heavy (non-hydrogen) atoms. The van der Waals surface area contributed by atoms with E-state index in [1.165, 1.54) is 25.3 Å². The van der Waals surface area contributed by atoms with E-state index in [0.29, 0.717) is 22.6 Å². The first-order valence-electron chi connectivity index (χ1n) is 7.00. The summed E-state index contributed by atoms with van der Waals surface area (Å²) in [6.45, 7) is 0. The Morgan fingerprint density at radius 2 is 1.88 bits per heavy atom. The SMILES string of the molecule is COc1cc(C=O)ccc1OC(=O)c1cc2ccccc2c(=O)s1. The van der Waals surface area contributed by atoms with Crippen LogP contribution < -0.4 is 14.2 Å². The van der Waals surface area contributed by atoms with Gasteiger partial charge in [0.15, 0.2) is 11.5 Å². The first-order valence-corrected chi connectivity index (χ1v) is 7.82. The lowest BCUT2D eigenvalue weighted by Crippen LogP contribution is -2.10. The molecule has 6 heteroatoms. The van der Waals surface area contributed by atoms with Crippen molar-refractivity contribution in [1.82, 2.24) is 0 Å². The fourth-order valence-corrected chi connectivity index (χ4v) is 3.03. The highest BCUT2D eigenvalue weighted by atomic mass is 32.1. The molecule has 0 amide bonds. The molecule has 1 heterocycles. The number of aldehydes is 1. The topological polar surface area (TPSA) is 69.7 Å². The summed E-state index contributed by atoms with van der Waals surface area (Å²) in [5.74, 6) is -0.206. The van der Waals surface area contributed by atoms with Gasteiger partial charge in [0.25, 0.3) is 0 Å². The minimum atomic E-state index is -0.653. The molecule has 0 bridgehead atoms. The molecule has 1 aromatic heterocycles. The Morgan fingerprint density at radius 1 is 1.08 bits per heavy atom. The molecular formula is C18H12O5S. The number of ether oxygens (including phenoxy) is 2. The van der Waals surface area contributed by atoms with Crippen LogP contribution in [0.5, 0.6) is 11.5 Å². The van der Waals surface area contributed by atoms with Crippen molar-refractivity contribution in [3.8, 4) is 11.5 Å². The zero-order chi connectivity index (χ0) is 17.1. The van der Waals surface area contributed by atoms with Gasteiger partial charge in [-0.2, -0.15) is 0 Å². The van der Waals surface area contributed by atoms with Crippen molar-refractivity contribution in [3.05, 3.63) is 68.5 Å². The standard InChI is InChI=1S/C18H12O5S/c1-22-15-8-11(10-19)6-7-14(15)23-17(20)16-9-12-4-2-3-5-13(12)18(21)24-16/h2-10H,1H3. The van der Waals surface area contributed by atoms with Gasteiger partial charge in [-0.3, -0.25) is 9.59 Å². The molecular weight excluding hydrogens is 328 g/mol. The average molecular weight is 340 g/mol. The maximum atomic E-state index is 12.4. The molecule has 0 radical (unpaired) electrons. The second kappa shape index (κ2) is 6.64. The molecule has 120 valence electrons. The predicted molar refractivity (Wildman–Crippen MR) is 91.4 cm³/mol. The van der Waals surface area contributed by atoms with Crippen molar-refractivity contribution in [2.75, 3.05) is 7.11 Å². The number of methoxy groups -OCH3 is 1. The molecule has 0 aliphatic rings. The van der Waals surface area contributed by atoms with Crippen LogP contribution in [-0.4, -0.2) is 19.4 Å². The van der Waals surface area contributed by atoms with E-state index in [-0.39, 0.29) is 21.1 Å². The van der Waals surface area contributed by atoms with Crippen LogP contribution in [0.4, 0.5) is 0 Å². The van der Waals surface area contributed by atoms with Crippen LogP contribution in [0, 0.1) is 0 Å². The summed E-state index contributed by atoms with van der Waals surface area (Å²) in [4.78, 5) is 35.5. The Morgan fingerprint density at radius 3 is 2.62 bits per heavy atom. The highest BCUT2D eigenvalue weighted by Gasteiger charge is 2.15. The minimum absolute atomic E-state index is 0.181. The van der Waals surface area contributed by atoms with Gasteiger partial charge in [-0.25, -0.2) is 4.79 Å². The number of hydrogen-bond donors (Lipinski definition) is 0. The van der Waals surface area contributed by atoms with E-state index in [9.17, 15) is 14.4 Å². The molecule has 0 saturated heterocycles. The summed E-state index contributed by atoms with van der Waals surface area (Å²) in [7, 11) is 1.41. The lowest BCUT2D eigenvalue weighted by molar-refractivity contribution is 0.0734. The Kier molecular flexibility index (Phi) is 4.39. The summed E-state index contributed by atoms with van der Waals surface area (Å²) in [6.07, 6.45) is 0.670. The van der Waals surface area contributed by atoms with E-state index in [4.69, 9.17) is 9.47 Å². The molecule has 5 nitrogen and oxygen atoms in total. The van der Waals surface area contributed by atoms with Gasteiger partial charge in [-0.1, -0.05) is 29.5 Å². The molecule has 0 N–H and O–H groups in total. The fourth-order valence-electron chi connectivity index (χ4n) is 2.23. The maximum absolute atomic E-state index is 12.4. The fraction of sp³-hybridized carbons (Fsp3) is 0.0556. The van der Waals surface area contributed by atoms with Crippen LogP contribution in [0.25, 0.3) is 10.8 Å². The van der Waals surface area contributed by atoms with Crippen molar-refractivity contribution < 1.29 is 19.1 Å². The number of rotatable bonds is 4. The van der Waals surface area contributed by atoms with Gasteiger partial charge >= 0.3 is 5.97 Å². The van der Waals surface area contributed by atoms with E-state index in [2.05, 4.69) is 0 Å². The molecule has 0 atom stereocenters. The third-order valence-corrected chi connectivity index (χ3v) is 4.31. The summed E-state index contributed by atoms with van der Waals surface area (Å²) in [6, 6.07) is 13.1. The molecule has 0 saturated carbocycles. The van der Waals surface area contributed by atoms with Crippen LogP contribution in [0.2, 0.25) is 0 Å². The molecule has 0 aliphatic carbocycles. The van der Waals surface area contributed by atoms with Crippen molar-refractivity contribution in [2.24, 2.45) is 0 Å². The number of carbonyl (C=O) groups is 2. The molecule has 3 aromatic rings. The van der Waals surface area contributed by atoms with E-state index < -0.39 is 5.97 Å². The summed E-state index contributed by atoms with van der Waals surface area (Å²) in [5, 5.41) is 1.24. The van der Waals surface area contributed by atoms with Crippen LogP contribution in [-0.2, 0) is 0 Å². The van der Waals surface area contributed by atoms with Crippen molar-refractivity contribution in [2.45, 2.75) is 0 Å². The summed E-state index contributed by atoms with van der Waals surface area (Å²) in [5.41, 5.74) is 0.405. The molecule has 0 fully saturated rings. The first-order chi connectivity index (χ1) is 11.6. The van der Waals surface area contributed by atoms with Gasteiger partial charge in [0.1, 0.15) is 11.2 Å². The number of fused-ring (bicyclic) bond motifs is 1. The van der Waals surface area contributed by atoms with Crippen LogP contribution in [0.15, 0.2) is 53.3 Å². The smallest absolute Gasteiger partial charge is 0.353 e. The second-order valence-corrected chi connectivity index (χ2v) is 5.92. The van der Waals surface area contributed by atoms with Gasteiger partial charge in [0.2, 0.25) is 4.74 Å². The number of esters is 1. The van der Waals surface area contributed by atoms with E-state index in [0.717, 1.165) is 11.3 Å². The Labute approximate surface area is 141 Å². The Balaban J connectivity index is 1.96. The molecule has 0 spiro atoms. The van der Waals surface area contributed by atoms with Crippen LogP contribution >= 0.6 is 11.3 Å². The monoisotopic (exact) mass is 340 g/mol. The number of hydrogen-bond acceptors (Lipinski definition) is 6. The highest BCUT2D eigenvalue weighted by molar-refractivity contribution is 7.11. The van der Waals surface area contributed by atoms with Crippen molar-refractivity contribution in [3.63, 3.8) is 0 Å². The maximum Gasteiger partial charge on any atom is 0.353 e. The molecule has 0 aliphatic heterocycles. The third kappa shape index (κ3) is 3.04. The van der Waals surface area contributed by atoms with Gasteiger partial charge in [-0.05, 0) is 35.7 Å². The zero-order valence-corrected chi connectivity index (χ0v) is 13.5. The highest BCUT2D eigenvalue weighted by Crippen LogP contribution is 2.29. The quantitative estimate of drug-likeness (QED) is 0.414. The van der Waals surface area contributed by atoms with Gasteiger partial charge < -0.3 is 9.47 Å². The van der Waals surface area contributed by atoms with Gasteiger partial charge in [-0.15, -0.1) is 0 Å². The van der Waals surface area contributed by atoms with Gasteiger partial charge in [0.05, 0.1) is 7.11 Å². The number of carbonyl (C=O) groups excluding carboxylic acids is 2. The molecule has 0 unspecified atom stereocenters. The van der Waals surface area contributed by atoms with Crippen LogP contribution in [0.1, 0.15) is 20.0 Å².